The van der Waals surface area contributed by atoms with E-state index >= 15 is 0 Å². The Hall–Kier alpha value is -1.61. The predicted molar refractivity (Wildman–Crippen MR) is 76.5 cm³/mol. The summed E-state index contributed by atoms with van der Waals surface area (Å²) in [5, 5.41) is 21.3. The molecule has 6 heteroatoms. The van der Waals surface area contributed by atoms with Gasteiger partial charge in [-0.3, -0.25) is 9.69 Å². The Morgan fingerprint density at radius 1 is 1.50 bits per heavy atom. The number of halogens is 1. The number of rotatable bonds is 3. The lowest BCUT2D eigenvalue weighted by molar-refractivity contribution is -0.117. The third-order valence-electron chi connectivity index (χ3n) is 3.30. The number of benzene rings is 1. The van der Waals surface area contributed by atoms with E-state index in [-0.39, 0.29) is 12.0 Å². The molecule has 106 valence electrons. The van der Waals surface area contributed by atoms with Gasteiger partial charge in [-0.15, -0.1) is 0 Å². The van der Waals surface area contributed by atoms with Crippen molar-refractivity contribution >= 4 is 23.2 Å². The van der Waals surface area contributed by atoms with Gasteiger partial charge in [0, 0.05) is 18.8 Å². The molecule has 1 heterocycles. The van der Waals surface area contributed by atoms with Gasteiger partial charge in [-0.1, -0.05) is 11.6 Å². The van der Waals surface area contributed by atoms with Gasteiger partial charge in [0.25, 0.3) is 0 Å². The normalized spacial score (nSPS) is 16.6. The molecule has 0 aromatic heterocycles. The molecule has 0 atom stereocenters. The maximum absolute atomic E-state index is 11.9. The highest BCUT2D eigenvalue weighted by Gasteiger charge is 2.19. The number of nitriles is 1. The maximum atomic E-state index is 11.9. The number of carbonyl (C=O) groups excluding carboxylic acids is 1. The van der Waals surface area contributed by atoms with Crippen LogP contribution in [-0.2, 0) is 4.79 Å². The first-order chi connectivity index (χ1) is 9.58. The number of amides is 1. The molecule has 1 fully saturated rings. The number of likely N-dealkylation sites (tertiary alicyclic amines) is 1. The van der Waals surface area contributed by atoms with Gasteiger partial charge in [0.05, 0.1) is 23.2 Å². The summed E-state index contributed by atoms with van der Waals surface area (Å²) < 4.78 is 0. The molecule has 1 aromatic carbocycles. The van der Waals surface area contributed by atoms with Gasteiger partial charge in [-0.05, 0) is 31.0 Å². The van der Waals surface area contributed by atoms with Crippen molar-refractivity contribution in [3.8, 4) is 6.07 Å². The topological polar surface area (TPSA) is 76.4 Å². The van der Waals surface area contributed by atoms with Crippen LogP contribution < -0.4 is 5.32 Å². The average Bonchev–Trinajstić information content (AvgIpc) is 2.41. The Bertz CT molecular complexity index is 534. The van der Waals surface area contributed by atoms with Crippen molar-refractivity contribution in [3.05, 3.63) is 28.8 Å². The number of carbonyl (C=O) groups is 1. The first kappa shape index (κ1) is 14.8. The van der Waals surface area contributed by atoms with Crippen LogP contribution in [0, 0.1) is 11.3 Å². The van der Waals surface area contributed by atoms with E-state index in [0.717, 1.165) is 13.1 Å². The van der Waals surface area contributed by atoms with Crippen molar-refractivity contribution in [1.82, 2.24) is 4.90 Å². The molecule has 0 aliphatic carbocycles. The third kappa shape index (κ3) is 3.94. The van der Waals surface area contributed by atoms with E-state index in [4.69, 9.17) is 16.9 Å². The third-order valence-corrected chi connectivity index (χ3v) is 3.61. The number of nitrogens with one attached hydrogen (secondary N) is 1. The van der Waals surface area contributed by atoms with Crippen molar-refractivity contribution in [2.75, 3.05) is 25.0 Å². The summed E-state index contributed by atoms with van der Waals surface area (Å²) in [6.07, 6.45) is 1.16. The zero-order valence-electron chi connectivity index (χ0n) is 11.0. The minimum Gasteiger partial charge on any atom is -0.393 e. The number of piperidine rings is 1. The fourth-order valence-electron chi connectivity index (χ4n) is 2.16. The fourth-order valence-corrected chi connectivity index (χ4v) is 2.39. The van der Waals surface area contributed by atoms with Crippen molar-refractivity contribution in [3.63, 3.8) is 0 Å². The van der Waals surface area contributed by atoms with Gasteiger partial charge in [0.2, 0.25) is 5.91 Å². The monoisotopic (exact) mass is 293 g/mol. The highest BCUT2D eigenvalue weighted by atomic mass is 35.5. The molecule has 0 spiro atoms. The highest BCUT2D eigenvalue weighted by Crippen LogP contribution is 2.20. The second-order valence-corrected chi connectivity index (χ2v) is 5.27. The summed E-state index contributed by atoms with van der Waals surface area (Å²) >= 11 is 5.91. The smallest absolute Gasteiger partial charge is 0.238 e. The molecule has 2 N–H and O–H groups in total. The second kappa shape index (κ2) is 6.71. The van der Waals surface area contributed by atoms with Gasteiger partial charge in [-0.25, -0.2) is 0 Å². The summed E-state index contributed by atoms with van der Waals surface area (Å²) in [4.78, 5) is 13.9. The SMILES string of the molecule is N#Cc1ccc(NC(=O)CN2CCC(O)CC2)cc1Cl. The summed E-state index contributed by atoms with van der Waals surface area (Å²) in [7, 11) is 0. The standard InChI is InChI=1S/C14H16ClN3O2/c15-13-7-11(2-1-10(13)8-16)17-14(20)9-18-5-3-12(19)4-6-18/h1-2,7,12,19H,3-6,9H2,(H,17,20). The maximum Gasteiger partial charge on any atom is 0.238 e. The van der Waals surface area contributed by atoms with Crippen molar-refractivity contribution in [2.24, 2.45) is 0 Å². The van der Waals surface area contributed by atoms with Gasteiger partial charge in [-0.2, -0.15) is 5.26 Å². The zero-order valence-corrected chi connectivity index (χ0v) is 11.7. The van der Waals surface area contributed by atoms with Gasteiger partial charge >= 0.3 is 0 Å². The Morgan fingerprint density at radius 3 is 2.80 bits per heavy atom. The predicted octanol–water partition coefficient (Wildman–Crippen LogP) is 1.61. The highest BCUT2D eigenvalue weighted by molar-refractivity contribution is 6.32. The lowest BCUT2D eigenvalue weighted by Gasteiger charge is -2.28. The molecule has 2 rings (SSSR count). The largest absolute Gasteiger partial charge is 0.393 e. The Balaban J connectivity index is 1.88. The molecule has 1 aliphatic heterocycles. The summed E-state index contributed by atoms with van der Waals surface area (Å²) in [6, 6.07) is 6.77. The summed E-state index contributed by atoms with van der Waals surface area (Å²) in [6.45, 7) is 1.75. The number of hydrogen-bond donors (Lipinski definition) is 2. The lowest BCUT2D eigenvalue weighted by atomic mass is 10.1. The van der Waals surface area contributed by atoms with Gasteiger partial charge in [0.1, 0.15) is 6.07 Å². The number of anilines is 1. The molecule has 0 radical (unpaired) electrons. The molecule has 0 unspecified atom stereocenters. The molecule has 5 nitrogen and oxygen atoms in total. The van der Waals surface area contributed by atoms with Crippen molar-refractivity contribution in [2.45, 2.75) is 18.9 Å². The molecule has 1 aliphatic rings. The van der Waals surface area contributed by atoms with Crippen LogP contribution in [0.2, 0.25) is 5.02 Å². The molecule has 1 aromatic rings. The molecule has 0 saturated carbocycles. The van der Waals surface area contributed by atoms with Crippen molar-refractivity contribution < 1.29 is 9.90 Å². The van der Waals surface area contributed by atoms with Crippen LogP contribution in [0.5, 0.6) is 0 Å². The first-order valence-electron chi connectivity index (χ1n) is 6.48. The first-order valence-corrected chi connectivity index (χ1v) is 6.86. The lowest BCUT2D eigenvalue weighted by Crippen LogP contribution is -2.40. The molecule has 0 bridgehead atoms. The number of aliphatic hydroxyl groups excluding tert-OH is 1. The van der Waals surface area contributed by atoms with Crippen LogP contribution in [0.1, 0.15) is 18.4 Å². The van der Waals surface area contributed by atoms with Crippen LogP contribution >= 0.6 is 11.6 Å². The van der Waals surface area contributed by atoms with Gasteiger partial charge in [0.15, 0.2) is 0 Å². The Morgan fingerprint density at radius 2 is 2.20 bits per heavy atom. The minimum absolute atomic E-state index is 0.123. The van der Waals surface area contributed by atoms with E-state index < -0.39 is 0 Å². The molecule has 1 amide bonds. The van der Waals surface area contributed by atoms with Crippen molar-refractivity contribution in [1.29, 1.82) is 5.26 Å². The van der Waals surface area contributed by atoms with Crippen LogP contribution in [0.3, 0.4) is 0 Å². The number of nitrogens with zero attached hydrogens (tertiary/aromatic N) is 2. The number of hydrogen-bond acceptors (Lipinski definition) is 4. The Labute approximate surface area is 122 Å². The van der Waals surface area contributed by atoms with Crippen LogP contribution in [-0.4, -0.2) is 41.7 Å². The fraction of sp³-hybridized carbons (Fsp3) is 0.429. The molecular formula is C14H16ClN3O2. The summed E-state index contributed by atoms with van der Waals surface area (Å²) in [5.74, 6) is -0.123. The van der Waals surface area contributed by atoms with Gasteiger partial charge < -0.3 is 10.4 Å². The zero-order chi connectivity index (χ0) is 14.5. The quantitative estimate of drug-likeness (QED) is 0.887. The van der Waals surface area contributed by atoms with E-state index in [1.54, 1.807) is 18.2 Å². The second-order valence-electron chi connectivity index (χ2n) is 4.86. The molecule has 1 saturated heterocycles. The van der Waals surface area contributed by atoms with E-state index in [1.165, 1.54) is 0 Å². The molecular weight excluding hydrogens is 278 g/mol. The minimum atomic E-state index is -0.244. The number of aliphatic hydroxyl groups is 1. The van der Waals surface area contributed by atoms with Crippen LogP contribution in [0.25, 0.3) is 0 Å². The van der Waals surface area contributed by atoms with E-state index in [0.29, 0.717) is 35.7 Å². The summed E-state index contributed by atoms with van der Waals surface area (Å²) in [5.41, 5.74) is 0.964. The van der Waals surface area contributed by atoms with Crippen LogP contribution in [0.4, 0.5) is 5.69 Å². The average molecular weight is 294 g/mol. The van der Waals surface area contributed by atoms with Crippen LogP contribution in [0.15, 0.2) is 18.2 Å². The van der Waals surface area contributed by atoms with E-state index in [2.05, 4.69) is 5.32 Å². The Kier molecular flexibility index (Phi) is 4.96. The van der Waals surface area contributed by atoms with E-state index in [1.807, 2.05) is 11.0 Å². The van der Waals surface area contributed by atoms with E-state index in [9.17, 15) is 9.90 Å². The molecule has 20 heavy (non-hydrogen) atoms.